The quantitative estimate of drug-likeness (QED) is 0.661. The summed E-state index contributed by atoms with van der Waals surface area (Å²) >= 11 is 1.39. The summed E-state index contributed by atoms with van der Waals surface area (Å²) in [5.74, 6) is 0.470. The molecule has 20 heavy (non-hydrogen) atoms. The number of nitro groups is 1. The van der Waals surface area contributed by atoms with Crippen LogP contribution in [0, 0.1) is 10.1 Å². The summed E-state index contributed by atoms with van der Waals surface area (Å²) in [5.41, 5.74) is 0. The minimum atomic E-state index is -0.370. The molecule has 108 valence electrons. The highest BCUT2D eigenvalue weighted by Gasteiger charge is 2.31. The number of hydrogen-bond acceptors (Lipinski definition) is 7. The van der Waals surface area contributed by atoms with Gasteiger partial charge in [-0.25, -0.2) is 0 Å². The minimum absolute atomic E-state index is 0.0214. The van der Waals surface area contributed by atoms with E-state index in [0.29, 0.717) is 37.0 Å². The highest BCUT2D eigenvalue weighted by Crippen LogP contribution is 2.31. The number of likely N-dealkylation sites (N-methyl/N-ethyl adjacent to an activating group) is 1. The zero-order valence-electron chi connectivity index (χ0n) is 11.0. The second kappa shape index (κ2) is 5.35. The molecular formula is C11H15N5O3S. The molecule has 0 saturated carbocycles. The number of aromatic nitrogens is 2. The monoisotopic (exact) mass is 297 g/mol. The molecule has 0 bridgehead atoms. The summed E-state index contributed by atoms with van der Waals surface area (Å²) in [5, 5.41) is 16.2. The largest absolute Gasteiger partial charge is 0.373 e. The maximum Gasteiger partial charge on any atom is 0.373 e. The first kappa shape index (κ1) is 13.3. The molecule has 8 nitrogen and oxygen atoms in total. The summed E-state index contributed by atoms with van der Waals surface area (Å²) in [6, 6.07) is 0. The summed E-state index contributed by atoms with van der Waals surface area (Å²) in [6.07, 6.45) is 1.70. The van der Waals surface area contributed by atoms with Crippen molar-refractivity contribution in [3.05, 3.63) is 21.7 Å². The highest BCUT2D eigenvalue weighted by molar-refractivity contribution is 7.15. The van der Waals surface area contributed by atoms with E-state index in [-0.39, 0.29) is 16.8 Å². The van der Waals surface area contributed by atoms with Crippen LogP contribution in [0.5, 0.6) is 0 Å². The summed E-state index contributed by atoms with van der Waals surface area (Å²) in [6.45, 7) is 2.49. The Kier molecular flexibility index (Phi) is 3.55. The van der Waals surface area contributed by atoms with Crippen molar-refractivity contribution in [3.63, 3.8) is 0 Å². The lowest BCUT2D eigenvalue weighted by atomic mass is 10.2. The molecule has 3 heterocycles. The summed E-state index contributed by atoms with van der Waals surface area (Å²) < 4.78 is 7.15. The van der Waals surface area contributed by atoms with Crippen LogP contribution >= 0.6 is 11.3 Å². The van der Waals surface area contributed by atoms with Crippen LogP contribution in [-0.2, 0) is 4.74 Å². The topological polar surface area (TPSA) is 84.9 Å². The maximum atomic E-state index is 11.3. The van der Waals surface area contributed by atoms with Crippen LogP contribution in [0.3, 0.4) is 0 Å². The lowest BCUT2D eigenvalue weighted by Crippen LogP contribution is -2.46. The van der Waals surface area contributed by atoms with Crippen molar-refractivity contribution in [2.75, 3.05) is 38.2 Å². The molecule has 1 saturated heterocycles. The van der Waals surface area contributed by atoms with Crippen molar-refractivity contribution in [2.24, 2.45) is 0 Å². The molecule has 0 spiro atoms. The van der Waals surface area contributed by atoms with Crippen LogP contribution in [0.1, 0.15) is 0 Å². The van der Waals surface area contributed by atoms with E-state index in [4.69, 9.17) is 4.74 Å². The van der Waals surface area contributed by atoms with Crippen molar-refractivity contribution >= 4 is 27.9 Å². The average Bonchev–Trinajstić information content (AvgIpc) is 2.98. The van der Waals surface area contributed by atoms with Gasteiger partial charge in [0, 0.05) is 25.0 Å². The Bertz CT molecular complexity index is 623. The van der Waals surface area contributed by atoms with Crippen LogP contribution < -0.4 is 10.2 Å². The zero-order chi connectivity index (χ0) is 14.1. The van der Waals surface area contributed by atoms with Crippen molar-refractivity contribution in [1.82, 2.24) is 14.7 Å². The van der Waals surface area contributed by atoms with E-state index in [1.165, 1.54) is 15.7 Å². The van der Waals surface area contributed by atoms with Gasteiger partial charge in [0.05, 0.1) is 12.7 Å². The Morgan fingerprint density at radius 3 is 3.30 bits per heavy atom. The number of nitrogens with one attached hydrogen (secondary N) is 1. The lowest BCUT2D eigenvalue weighted by molar-refractivity contribution is -0.389. The molecular weight excluding hydrogens is 282 g/mol. The zero-order valence-corrected chi connectivity index (χ0v) is 11.8. The Morgan fingerprint density at radius 2 is 2.55 bits per heavy atom. The molecule has 0 aliphatic carbocycles. The molecule has 1 unspecified atom stereocenters. The van der Waals surface area contributed by atoms with Gasteiger partial charge in [0.2, 0.25) is 5.82 Å². The van der Waals surface area contributed by atoms with Gasteiger partial charge < -0.3 is 25.1 Å². The van der Waals surface area contributed by atoms with E-state index < -0.39 is 0 Å². The number of morpholine rings is 1. The van der Waals surface area contributed by atoms with Crippen molar-refractivity contribution < 1.29 is 9.66 Å². The van der Waals surface area contributed by atoms with E-state index in [9.17, 15) is 10.1 Å². The Hall–Kier alpha value is -1.71. The van der Waals surface area contributed by atoms with Gasteiger partial charge in [-0.2, -0.15) is 9.38 Å². The van der Waals surface area contributed by atoms with E-state index in [1.54, 1.807) is 11.6 Å². The van der Waals surface area contributed by atoms with E-state index in [2.05, 4.69) is 10.3 Å². The molecule has 1 fully saturated rings. The van der Waals surface area contributed by atoms with Gasteiger partial charge in [0.1, 0.15) is 6.20 Å². The number of nitrogens with zero attached hydrogens (tertiary/aromatic N) is 4. The number of ether oxygens (including phenoxy) is 1. The predicted octanol–water partition coefficient (Wildman–Crippen LogP) is 0.729. The van der Waals surface area contributed by atoms with Gasteiger partial charge in [-0.1, -0.05) is 11.3 Å². The smallest absolute Gasteiger partial charge is 0.373 e. The molecule has 1 aliphatic heterocycles. The molecule has 9 heteroatoms. The fraction of sp³-hybridized carbons (Fsp3) is 0.545. The number of anilines is 1. The van der Waals surface area contributed by atoms with Gasteiger partial charge in [-0.3, -0.25) is 0 Å². The van der Waals surface area contributed by atoms with Crippen LogP contribution in [-0.4, -0.2) is 53.7 Å². The van der Waals surface area contributed by atoms with Gasteiger partial charge >= 0.3 is 5.82 Å². The molecule has 1 atom stereocenters. The number of imidazole rings is 1. The molecule has 3 rings (SSSR count). The van der Waals surface area contributed by atoms with Crippen LogP contribution in [0.15, 0.2) is 11.6 Å². The molecule has 0 aromatic carbocycles. The molecule has 0 amide bonds. The number of rotatable bonds is 4. The fourth-order valence-corrected chi connectivity index (χ4v) is 3.11. The molecule has 1 aliphatic rings. The number of thiazole rings is 1. The van der Waals surface area contributed by atoms with Crippen molar-refractivity contribution in [2.45, 2.75) is 6.10 Å². The lowest BCUT2D eigenvalue weighted by Gasteiger charge is -2.32. The Balaban J connectivity index is 1.94. The second-order valence-electron chi connectivity index (χ2n) is 4.57. The van der Waals surface area contributed by atoms with E-state index in [0.717, 1.165) is 0 Å². The third-order valence-corrected chi connectivity index (χ3v) is 4.02. The van der Waals surface area contributed by atoms with Crippen molar-refractivity contribution in [3.8, 4) is 0 Å². The first-order valence-electron chi connectivity index (χ1n) is 6.32. The molecule has 0 radical (unpaired) electrons. The van der Waals surface area contributed by atoms with E-state index in [1.807, 2.05) is 11.9 Å². The summed E-state index contributed by atoms with van der Waals surface area (Å²) in [7, 11) is 1.86. The fourth-order valence-electron chi connectivity index (χ4n) is 2.41. The predicted molar refractivity (Wildman–Crippen MR) is 75.6 cm³/mol. The van der Waals surface area contributed by atoms with Gasteiger partial charge in [0.25, 0.3) is 4.96 Å². The maximum absolute atomic E-state index is 11.3. The normalized spacial score (nSPS) is 19.6. The third-order valence-electron chi connectivity index (χ3n) is 3.26. The van der Waals surface area contributed by atoms with Gasteiger partial charge in [-0.15, -0.1) is 0 Å². The standard InChI is InChI=1S/C11H15N5O3S/c1-12-6-8-7-14(2-4-19-8)9-10(16(17)18)15-3-5-20-11(15)13-9/h3,5,8,12H,2,4,6-7H2,1H3. The first-order valence-corrected chi connectivity index (χ1v) is 7.19. The Morgan fingerprint density at radius 1 is 1.70 bits per heavy atom. The Labute approximate surface area is 119 Å². The molecule has 1 N–H and O–H groups in total. The number of hydrogen-bond donors (Lipinski definition) is 1. The number of fused-ring (bicyclic) bond motifs is 1. The molecule has 2 aromatic heterocycles. The van der Waals surface area contributed by atoms with Gasteiger partial charge in [0.15, 0.2) is 0 Å². The van der Waals surface area contributed by atoms with Crippen LogP contribution in [0.25, 0.3) is 4.96 Å². The minimum Gasteiger partial charge on any atom is -0.373 e. The second-order valence-corrected chi connectivity index (χ2v) is 5.44. The van der Waals surface area contributed by atoms with Crippen LogP contribution in [0.2, 0.25) is 0 Å². The summed E-state index contributed by atoms with van der Waals surface area (Å²) in [4.78, 5) is 17.9. The average molecular weight is 297 g/mol. The third kappa shape index (κ3) is 2.23. The van der Waals surface area contributed by atoms with Crippen LogP contribution in [0.4, 0.5) is 11.6 Å². The van der Waals surface area contributed by atoms with Crippen molar-refractivity contribution in [1.29, 1.82) is 0 Å². The SMILES string of the molecule is CNCC1CN(c2nc3sccn3c2[N+](=O)[O-])CCO1. The first-order chi connectivity index (χ1) is 9.70. The van der Waals surface area contributed by atoms with Gasteiger partial charge in [-0.05, 0) is 12.0 Å². The highest BCUT2D eigenvalue weighted by atomic mass is 32.1. The molecule has 2 aromatic rings. The van der Waals surface area contributed by atoms with E-state index >= 15 is 0 Å².